The lowest BCUT2D eigenvalue weighted by Gasteiger charge is -2.20. The second kappa shape index (κ2) is 12.3. The maximum atomic E-state index is 14.0. The fourth-order valence-corrected chi connectivity index (χ4v) is 5.19. The van der Waals surface area contributed by atoms with Gasteiger partial charge in [-0.1, -0.05) is 56.7 Å². The van der Waals surface area contributed by atoms with E-state index in [2.05, 4.69) is 12.2 Å². The molecule has 1 atom stereocenters. The number of carboxylic acids is 1. The predicted molar refractivity (Wildman–Crippen MR) is 138 cm³/mol. The van der Waals surface area contributed by atoms with Crippen molar-refractivity contribution < 1.29 is 27.9 Å². The number of amides is 1. The summed E-state index contributed by atoms with van der Waals surface area (Å²) in [5, 5.41) is 12.0. The molecule has 0 spiro atoms. The fraction of sp³-hybridized carbons (Fsp3) is 0.357. The van der Waals surface area contributed by atoms with E-state index in [1.54, 1.807) is 36.4 Å². The molecule has 2 N–H and O–H groups in total. The Morgan fingerprint density at radius 2 is 1.67 bits per heavy atom. The van der Waals surface area contributed by atoms with E-state index in [1.807, 2.05) is 25.1 Å². The summed E-state index contributed by atoms with van der Waals surface area (Å²) in [6, 6.07) is 15.6. The van der Waals surface area contributed by atoms with Gasteiger partial charge in [-0.05, 0) is 58.7 Å². The molecule has 36 heavy (non-hydrogen) atoms. The van der Waals surface area contributed by atoms with Crippen molar-refractivity contribution in [1.82, 2.24) is 5.32 Å². The Hall–Kier alpha value is -3.00. The van der Waals surface area contributed by atoms with Gasteiger partial charge < -0.3 is 10.4 Å². The predicted octanol–water partition coefficient (Wildman–Crippen LogP) is 7.50. The molecule has 3 rings (SSSR count). The van der Waals surface area contributed by atoms with Gasteiger partial charge in [0.1, 0.15) is 0 Å². The number of aliphatic carboxylic acids is 1. The lowest BCUT2D eigenvalue weighted by atomic mass is 9.86. The van der Waals surface area contributed by atoms with Gasteiger partial charge in [-0.2, -0.15) is 13.2 Å². The maximum absolute atomic E-state index is 14.0. The molecule has 8 heteroatoms. The summed E-state index contributed by atoms with van der Waals surface area (Å²) >= 11 is 1.23. The van der Waals surface area contributed by atoms with Crippen molar-refractivity contribution in [2.45, 2.75) is 56.5 Å². The van der Waals surface area contributed by atoms with E-state index >= 15 is 0 Å². The quantitative estimate of drug-likeness (QED) is 0.259. The molecule has 0 radical (unpaired) electrons. The second-order valence-corrected chi connectivity index (χ2v) is 9.77. The van der Waals surface area contributed by atoms with Crippen molar-refractivity contribution in [3.05, 3.63) is 76.9 Å². The fourth-order valence-electron chi connectivity index (χ4n) is 4.24. The first kappa shape index (κ1) is 27.6. The first-order valence-electron chi connectivity index (χ1n) is 12.0. The first-order chi connectivity index (χ1) is 17.2. The van der Waals surface area contributed by atoms with E-state index in [0.717, 1.165) is 30.4 Å². The molecule has 0 heterocycles. The van der Waals surface area contributed by atoms with Crippen LogP contribution < -0.4 is 5.32 Å². The van der Waals surface area contributed by atoms with Crippen LogP contribution in [0.4, 0.5) is 13.2 Å². The van der Waals surface area contributed by atoms with E-state index in [-0.39, 0.29) is 35.1 Å². The van der Waals surface area contributed by atoms with Crippen molar-refractivity contribution in [3.8, 4) is 0 Å². The highest BCUT2D eigenvalue weighted by Crippen LogP contribution is 2.42. The third-order valence-corrected chi connectivity index (χ3v) is 7.19. The highest BCUT2D eigenvalue weighted by molar-refractivity contribution is 7.99. The Bertz CT molecular complexity index is 1210. The molecule has 0 saturated heterocycles. The molecule has 0 aliphatic heterocycles. The van der Waals surface area contributed by atoms with Gasteiger partial charge in [0.25, 0.3) is 5.91 Å². The Kier molecular flexibility index (Phi) is 9.43. The zero-order valence-corrected chi connectivity index (χ0v) is 21.1. The van der Waals surface area contributed by atoms with Crippen molar-refractivity contribution >= 4 is 34.4 Å². The number of alkyl halides is 3. The standard InChI is InChI=1S/C28H30F3NO3S/c1-3-5-22(18-6-8-19(9-7-18)27(35)32-15-14-25(33)34)20-10-12-23-21(17-20)11-13-24(36-16-4-2)26(23)28(29,30)31/h6-13,17,22H,3-5,14-16H2,1-2H3,(H,32,35)(H,33,34). The molecule has 4 nitrogen and oxygen atoms in total. The molecule has 192 valence electrons. The molecule has 3 aromatic carbocycles. The van der Waals surface area contributed by atoms with Crippen molar-refractivity contribution in [3.63, 3.8) is 0 Å². The smallest absolute Gasteiger partial charge is 0.418 e. The van der Waals surface area contributed by atoms with Gasteiger partial charge in [-0.25, -0.2) is 0 Å². The number of carbonyl (C=O) groups excluding carboxylic acids is 1. The van der Waals surface area contributed by atoms with Gasteiger partial charge in [0.2, 0.25) is 0 Å². The van der Waals surface area contributed by atoms with Gasteiger partial charge in [-0.15, -0.1) is 11.8 Å². The SMILES string of the molecule is CCCSc1ccc2cc(C(CCC)c3ccc(C(=O)NCCC(=O)O)cc3)ccc2c1C(F)(F)F. The average Bonchev–Trinajstić information content (AvgIpc) is 2.84. The molecule has 3 aromatic rings. The molecule has 0 saturated carbocycles. The third-order valence-electron chi connectivity index (χ3n) is 5.93. The minimum atomic E-state index is -4.44. The summed E-state index contributed by atoms with van der Waals surface area (Å²) in [4.78, 5) is 23.1. The number of carboxylic acid groups (broad SMARTS) is 1. The number of hydrogen-bond donors (Lipinski definition) is 2. The monoisotopic (exact) mass is 517 g/mol. The first-order valence-corrected chi connectivity index (χ1v) is 13.0. The molecule has 1 unspecified atom stereocenters. The number of fused-ring (bicyclic) bond motifs is 1. The Morgan fingerprint density at radius 1 is 0.972 bits per heavy atom. The highest BCUT2D eigenvalue weighted by Gasteiger charge is 2.35. The summed E-state index contributed by atoms with van der Waals surface area (Å²) in [6.07, 6.45) is -2.13. The minimum Gasteiger partial charge on any atom is -0.481 e. The molecule has 0 aliphatic rings. The lowest BCUT2D eigenvalue weighted by molar-refractivity contribution is -0.138. The van der Waals surface area contributed by atoms with Gasteiger partial charge in [0, 0.05) is 22.9 Å². The minimum absolute atomic E-state index is 0.0352. The van der Waals surface area contributed by atoms with Crippen LogP contribution >= 0.6 is 11.8 Å². The van der Waals surface area contributed by atoms with Gasteiger partial charge >= 0.3 is 12.1 Å². The molecule has 0 fully saturated rings. The Morgan fingerprint density at radius 3 is 2.28 bits per heavy atom. The van der Waals surface area contributed by atoms with Crippen molar-refractivity contribution in [1.29, 1.82) is 0 Å². The van der Waals surface area contributed by atoms with E-state index in [9.17, 15) is 22.8 Å². The highest BCUT2D eigenvalue weighted by atomic mass is 32.2. The van der Waals surface area contributed by atoms with E-state index < -0.39 is 17.7 Å². The van der Waals surface area contributed by atoms with Crippen LogP contribution in [0.25, 0.3) is 10.8 Å². The summed E-state index contributed by atoms with van der Waals surface area (Å²) < 4.78 is 42.0. The van der Waals surface area contributed by atoms with Crippen LogP contribution in [0, 0.1) is 0 Å². The van der Waals surface area contributed by atoms with Gasteiger partial charge in [0.05, 0.1) is 12.0 Å². The number of hydrogen-bond acceptors (Lipinski definition) is 3. The van der Waals surface area contributed by atoms with E-state index in [4.69, 9.17) is 5.11 Å². The van der Waals surface area contributed by atoms with Crippen LogP contribution in [0.1, 0.15) is 72.5 Å². The van der Waals surface area contributed by atoms with Crippen LogP contribution in [0.3, 0.4) is 0 Å². The Labute approximate surface area is 213 Å². The lowest BCUT2D eigenvalue weighted by Crippen LogP contribution is -2.25. The van der Waals surface area contributed by atoms with Crippen LogP contribution in [0.15, 0.2) is 59.5 Å². The molecule has 0 bridgehead atoms. The van der Waals surface area contributed by atoms with Crippen molar-refractivity contribution in [2.75, 3.05) is 12.3 Å². The van der Waals surface area contributed by atoms with Gasteiger partial charge in [-0.3, -0.25) is 9.59 Å². The topological polar surface area (TPSA) is 66.4 Å². The molecular formula is C28H30F3NO3S. The number of benzene rings is 3. The van der Waals surface area contributed by atoms with Crippen LogP contribution in [0.2, 0.25) is 0 Å². The molecule has 0 aromatic heterocycles. The number of thioether (sulfide) groups is 1. The zero-order valence-electron chi connectivity index (χ0n) is 20.3. The number of carbonyl (C=O) groups is 2. The second-order valence-electron chi connectivity index (χ2n) is 8.63. The number of halogens is 3. The normalized spacial score (nSPS) is 12.5. The largest absolute Gasteiger partial charge is 0.481 e. The number of rotatable bonds is 11. The number of nitrogens with one attached hydrogen (secondary N) is 1. The summed E-state index contributed by atoms with van der Waals surface area (Å²) in [5.74, 6) is -0.746. The van der Waals surface area contributed by atoms with E-state index in [1.165, 1.54) is 11.8 Å². The summed E-state index contributed by atoms with van der Waals surface area (Å²) in [7, 11) is 0. The molecular weight excluding hydrogens is 487 g/mol. The molecule has 0 aliphatic carbocycles. The van der Waals surface area contributed by atoms with E-state index in [0.29, 0.717) is 16.7 Å². The summed E-state index contributed by atoms with van der Waals surface area (Å²) in [6.45, 7) is 4.04. The van der Waals surface area contributed by atoms with Crippen LogP contribution in [-0.4, -0.2) is 29.3 Å². The van der Waals surface area contributed by atoms with Crippen LogP contribution in [-0.2, 0) is 11.0 Å². The molecule has 1 amide bonds. The average molecular weight is 518 g/mol. The third kappa shape index (κ3) is 6.81. The van der Waals surface area contributed by atoms with Crippen LogP contribution in [0.5, 0.6) is 0 Å². The Balaban J connectivity index is 1.92. The summed E-state index contributed by atoms with van der Waals surface area (Å²) in [5.41, 5.74) is 1.73. The van der Waals surface area contributed by atoms with Gasteiger partial charge in [0.15, 0.2) is 0 Å². The maximum Gasteiger partial charge on any atom is 0.418 e. The van der Waals surface area contributed by atoms with Crippen molar-refractivity contribution in [2.24, 2.45) is 0 Å². The zero-order chi connectivity index (χ0) is 26.3.